The Hall–Kier alpha value is -1.37. The van der Waals surface area contributed by atoms with Crippen molar-refractivity contribution >= 4 is 17.5 Å². The van der Waals surface area contributed by atoms with Crippen LogP contribution in [0.15, 0.2) is 18.2 Å². The zero-order valence-corrected chi connectivity index (χ0v) is 14.4. The van der Waals surface area contributed by atoms with E-state index < -0.39 is 0 Å². The maximum absolute atomic E-state index is 13.0. The van der Waals surface area contributed by atoms with Gasteiger partial charge in [-0.05, 0) is 37.6 Å². The summed E-state index contributed by atoms with van der Waals surface area (Å²) in [5, 5.41) is 3.40. The molecule has 1 amide bonds. The quantitative estimate of drug-likeness (QED) is 0.874. The molecule has 0 bridgehead atoms. The number of carbonyl (C=O) groups is 1. The summed E-state index contributed by atoms with van der Waals surface area (Å²) >= 11 is 5.96. The van der Waals surface area contributed by atoms with E-state index in [0.29, 0.717) is 24.9 Å². The molecule has 0 aliphatic carbocycles. The first kappa shape index (κ1) is 17.5. The van der Waals surface area contributed by atoms with Gasteiger partial charge in [0.05, 0.1) is 11.6 Å². The third kappa shape index (κ3) is 4.37. The van der Waals surface area contributed by atoms with Crippen LogP contribution in [0.5, 0.6) is 5.75 Å². The second-order valence-corrected chi connectivity index (χ2v) is 6.69. The van der Waals surface area contributed by atoms with Crippen LogP contribution in [0.2, 0.25) is 5.02 Å². The van der Waals surface area contributed by atoms with Gasteiger partial charge < -0.3 is 15.0 Å². The molecule has 1 unspecified atom stereocenters. The topological polar surface area (TPSA) is 44.8 Å². The third-order valence-electron chi connectivity index (χ3n) is 4.61. The van der Waals surface area contributed by atoms with Crippen LogP contribution >= 0.6 is 11.6 Å². The number of nitrogens with zero attached hydrogens (tertiary/aromatic N) is 2. The predicted octanol–water partition coefficient (Wildman–Crippen LogP) is 1.75. The van der Waals surface area contributed by atoms with Crippen LogP contribution in [-0.4, -0.2) is 67.6 Å². The molecule has 1 N–H and O–H groups in total. The molecule has 3 rings (SSSR count). The highest BCUT2D eigenvalue weighted by Gasteiger charge is 2.29. The van der Waals surface area contributed by atoms with E-state index in [1.165, 1.54) is 12.1 Å². The van der Waals surface area contributed by atoms with Crippen molar-refractivity contribution in [2.24, 2.45) is 0 Å². The van der Waals surface area contributed by atoms with Gasteiger partial charge in [0.2, 0.25) is 5.91 Å². The molecule has 24 heavy (non-hydrogen) atoms. The first-order valence-corrected chi connectivity index (χ1v) is 8.81. The maximum atomic E-state index is 13.0. The Morgan fingerprint density at radius 1 is 1.38 bits per heavy atom. The number of ether oxygens (including phenoxy) is 1. The van der Waals surface area contributed by atoms with E-state index in [4.69, 9.17) is 16.3 Å². The van der Waals surface area contributed by atoms with Gasteiger partial charge in [-0.3, -0.25) is 9.69 Å². The fourth-order valence-electron chi connectivity index (χ4n) is 3.37. The Morgan fingerprint density at radius 3 is 3.04 bits per heavy atom. The normalized spacial score (nSPS) is 22.7. The number of piperazine rings is 1. The molecule has 1 aromatic carbocycles. The number of amides is 1. The molecule has 2 aliphatic heterocycles. The number of benzene rings is 1. The average Bonchev–Trinajstić information content (AvgIpc) is 2.57. The van der Waals surface area contributed by atoms with E-state index in [2.05, 4.69) is 10.2 Å². The van der Waals surface area contributed by atoms with Gasteiger partial charge in [-0.2, -0.15) is 0 Å². The summed E-state index contributed by atoms with van der Waals surface area (Å²) in [6.45, 7) is 5.26. The number of hydrogen-bond acceptors (Lipinski definition) is 4. The average molecular weight is 356 g/mol. The highest BCUT2D eigenvalue weighted by Crippen LogP contribution is 2.25. The minimum absolute atomic E-state index is 0.197. The lowest BCUT2D eigenvalue weighted by atomic mass is 10.0. The largest absolute Gasteiger partial charge is 0.491 e. The van der Waals surface area contributed by atoms with E-state index in [9.17, 15) is 9.18 Å². The molecule has 7 heteroatoms. The van der Waals surface area contributed by atoms with Crippen molar-refractivity contribution in [3.05, 3.63) is 29.0 Å². The van der Waals surface area contributed by atoms with Crippen molar-refractivity contribution in [2.75, 3.05) is 45.9 Å². The third-order valence-corrected chi connectivity index (χ3v) is 4.90. The van der Waals surface area contributed by atoms with Gasteiger partial charge in [0.15, 0.2) is 0 Å². The second-order valence-electron chi connectivity index (χ2n) is 6.28. The number of rotatable bonds is 5. The van der Waals surface area contributed by atoms with Crippen LogP contribution in [-0.2, 0) is 4.79 Å². The van der Waals surface area contributed by atoms with Gasteiger partial charge in [-0.25, -0.2) is 4.39 Å². The molecule has 2 heterocycles. The molecule has 0 spiro atoms. The lowest BCUT2D eigenvalue weighted by Crippen LogP contribution is -2.57. The van der Waals surface area contributed by atoms with Gasteiger partial charge >= 0.3 is 0 Å². The van der Waals surface area contributed by atoms with Crippen molar-refractivity contribution in [3.8, 4) is 5.75 Å². The number of halogens is 2. The second kappa shape index (κ2) is 8.14. The van der Waals surface area contributed by atoms with Crippen LogP contribution in [0, 0.1) is 5.82 Å². The standard InChI is InChI=1S/C17H23ClFN3O2/c18-15-10-13(19)3-4-16(15)24-9-8-21-6-1-2-14(12-21)22-7-5-20-11-17(22)23/h3-4,10,14,20H,1-2,5-9,11-12H2. The summed E-state index contributed by atoms with van der Waals surface area (Å²) in [5.74, 6) is 0.332. The molecule has 1 aromatic rings. The number of likely N-dealkylation sites (tertiary alicyclic amines) is 1. The Bertz CT molecular complexity index is 587. The summed E-state index contributed by atoms with van der Waals surface area (Å²) in [6.07, 6.45) is 2.14. The lowest BCUT2D eigenvalue weighted by Gasteiger charge is -2.41. The number of carbonyl (C=O) groups excluding carboxylic acids is 1. The fourth-order valence-corrected chi connectivity index (χ4v) is 3.59. The number of nitrogens with one attached hydrogen (secondary N) is 1. The molecular weight excluding hydrogens is 333 g/mol. The Kier molecular flexibility index (Phi) is 5.92. The summed E-state index contributed by atoms with van der Waals surface area (Å²) in [7, 11) is 0. The minimum Gasteiger partial charge on any atom is -0.491 e. The first-order valence-electron chi connectivity index (χ1n) is 8.44. The molecule has 5 nitrogen and oxygen atoms in total. The molecule has 0 saturated carbocycles. The van der Waals surface area contributed by atoms with E-state index in [0.717, 1.165) is 45.6 Å². The van der Waals surface area contributed by atoms with Crippen molar-refractivity contribution in [1.82, 2.24) is 15.1 Å². The van der Waals surface area contributed by atoms with Crippen LogP contribution < -0.4 is 10.1 Å². The molecule has 132 valence electrons. The minimum atomic E-state index is -0.369. The molecule has 2 aliphatic rings. The summed E-state index contributed by atoms with van der Waals surface area (Å²) < 4.78 is 18.7. The van der Waals surface area contributed by atoms with Gasteiger partial charge in [0.1, 0.15) is 18.2 Å². The highest BCUT2D eigenvalue weighted by molar-refractivity contribution is 6.32. The van der Waals surface area contributed by atoms with E-state index in [1.807, 2.05) is 4.90 Å². The van der Waals surface area contributed by atoms with E-state index in [1.54, 1.807) is 6.07 Å². The van der Waals surface area contributed by atoms with Gasteiger partial charge in [0, 0.05) is 32.2 Å². The molecule has 1 atom stereocenters. The Balaban J connectivity index is 1.47. The van der Waals surface area contributed by atoms with Crippen molar-refractivity contribution in [2.45, 2.75) is 18.9 Å². The van der Waals surface area contributed by atoms with Crippen LogP contribution in [0.4, 0.5) is 4.39 Å². The van der Waals surface area contributed by atoms with Crippen molar-refractivity contribution < 1.29 is 13.9 Å². The summed E-state index contributed by atoms with van der Waals surface area (Å²) in [4.78, 5) is 16.4. The maximum Gasteiger partial charge on any atom is 0.236 e. The van der Waals surface area contributed by atoms with Crippen LogP contribution in [0.25, 0.3) is 0 Å². The summed E-state index contributed by atoms with van der Waals surface area (Å²) in [5.41, 5.74) is 0. The Labute approximate surface area is 146 Å². The summed E-state index contributed by atoms with van der Waals surface area (Å²) in [6, 6.07) is 4.44. The van der Waals surface area contributed by atoms with Crippen LogP contribution in [0.3, 0.4) is 0 Å². The Morgan fingerprint density at radius 2 is 2.25 bits per heavy atom. The van der Waals surface area contributed by atoms with Crippen molar-refractivity contribution in [1.29, 1.82) is 0 Å². The zero-order valence-electron chi connectivity index (χ0n) is 13.6. The highest BCUT2D eigenvalue weighted by atomic mass is 35.5. The lowest BCUT2D eigenvalue weighted by molar-refractivity contribution is -0.135. The molecular formula is C17H23ClFN3O2. The molecule has 0 aromatic heterocycles. The van der Waals surface area contributed by atoms with Gasteiger partial charge in [-0.15, -0.1) is 0 Å². The van der Waals surface area contributed by atoms with E-state index in [-0.39, 0.29) is 16.7 Å². The number of piperidine rings is 1. The molecule has 0 radical (unpaired) electrons. The van der Waals surface area contributed by atoms with Crippen LogP contribution in [0.1, 0.15) is 12.8 Å². The van der Waals surface area contributed by atoms with Crippen molar-refractivity contribution in [3.63, 3.8) is 0 Å². The monoisotopic (exact) mass is 355 g/mol. The predicted molar refractivity (Wildman–Crippen MR) is 90.9 cm³/mol. The first-order chi connectivity index (χ1) is 11.6. The number of hydrogen-bond donors (Lipinski definition) is 1. The smallest absolute Gasteiger partial charge is 0.236 e. The fraction of sp³-hybridized carbons (Fsp3) is 0.588. The molecule has 2 saturated heterocycles. The zero-order chi connectivity index (χ0) is 16.9. The SMILES string of the molecule is O=C1CNCCN1C1CCCN(CCOc2ccc(F)cc2Cl)C1. The molecule has 2 fully saturated rings. The van der Waals surface area contributed by atoms with E-state index >= 15 is 0 Å². The van der Waals surface area contributed by atoms with Gasteiger partial charge in [0.25, 0.3) is 0 Å². The van der Waals surface area contributed by atoms with Gasteiger partial charge in [-0.1, -0.05) is 11.6 Å².